The van der Waals surface area contributed by atoms with Gasteiger partial charge in [0.1, 0.15) is 12.2 Å². The molecule has 0 aliphatic carbocycles. The first-order valence-corrected chi connectivity index (χ1v) is 10.8. The van der Waals surface area contributed by atoms with Crippen LogP contribution in [0.4, 0.5) is 5.69 Å². The lowest BCUT2D eigenvalue weighted by molar-refractivity contribution is -0.117. The van der Waals surface area contributed by atoms with Crippen LogP contribution in [0.2, 0.25) is 0 Å². The fraction of sp³-hybridized carbons (Fsp3) is 0.154. The lowest BCUT2D eigenvalue weighted by Crippen LogP contribution is -2.33. The van der Waals surface area contributed by atoms with Crippen molar-refractivity contribution in [3.8, 4) is 22.9 Å². The smallest absolute Gasteiger partial charge is 0.289 e. The molecule has 0 fully saturated rings. The van der Waals surface area contributed by atoms with Gasteiger partial charge in [-0.1, -0.05) is 54.1 Å². The molecule has 1 aliphatic rings. The molecule has 0 saturated heterocycles. The van der Waals surface area contributed by atoms with E-state index in [0.717, 1.165) is 16.7 Å². The van der Waals surface area contributed by atoms with E-state index < -0.39 is 5.56 Å². The van der Waals surface area contributed by atoms with E-state index in [0.29, 0.717) is 23.0 Å². The molecule has 0 radical (unpaired) electrons. The number of ether oxygens (including phenoxy) is 2. The van der Waals surface area contributed by atoms with Gasteiger partial charge in [-0.15, -0.1) is 5.10 Å². The summed E-state index contributed by atoms with van der Waals surface area (Å²) in [6, 6.07) is 22.3. The number of carbonyl (C=O) groups is 1. The average Bonchev–Trinajstić information content (AvgIpc) is 3.31. The summed E-state index contributed by atoms with van der Waals surface area (Å²) in [6.45, 7) is 1.91. The Morgan fingerprint density at radius 3 is 2.56 bits per heavy atom. The lowest BCUT2D eigenvalue weighted by atomic mass is 10.1. The van der Waals surface area contributed by atoms with Crippen LogP contribution in [0.1, 0.15) is 16.8 Å². The van der Waals surface area contributed by atoms with Crippen LogP contribution in [0.3, 0.4) is 0 Å². The third-order valence-electron chi connectivity index (χ3n) is 5.41. The van der Waals surface area contributed by atoms with E-state index in [-0.39, 0.29) is 31.4 Å². The van der Waals surface area contributed by atoms with Crippen molar-refractivity contribution >= 4 is 11.6 Å². The number of hydrogen-bond acceptors (Lipinski definition) is 6. The quantitative estimate of drug-likeness (QED) is 0.479. The fourth-order valence-corrected chi connectivity index (χ4v) is 3.66. The normalized spacial score (nSPS) is 11.9. The Bertz CT molecular complexity index is 1400. The number of aryl methyl sites for hydroxylation is 1. The van der Waals surface area contributed by atoms with Crippen molar-refractivity contribution in [3.05, 3.63) is 100.0 Å². The molecule has 3 aromatic carbocycles. The fourth-order valence-electron chi connectivity index (χ4n) is 3.66. The van der Waals surface area contributed by atoms with E-state index in [4.69, 9.17) is 9.47 Å². The van der Waals surface area contributed by atoms with Crippen LogP contribution < -0.4 is 20.3 Å². The van der Waals surface area contributed by atoms with Crippen LogP contribution in [-0.2, 0) is 17.8 Å². The van der Waals surface area contributed by atoms with Crippen molar-refractivity contribution in [2.24, 2.45) is 0 Å². The summed E-state index contributed by atoms with van der Waals surface area (Å²) in [5, 5.41) is 7.20. The van der Waals surface area contributed by atoms with Crippen LogP contribution >= 0.6 is 0 Å². The Balaban J connectivity index is 1.47. The van der Waals surface area contributed by atoms with Crippen molar-refractivity contribution < 1.29 is 14.3 Å². The first-order valence-electron chi connectivity index (χ1n) is 10.8. The maximum atomic E-state index is 13.2. The zero-order chi connectivity index (χ0) is 23.5. The van der Waals surface area contributed by atoms with Crippen molar-refractivity contribution in [2.45, 2.75) is 19.9 Å². The molecule has 5 rings (SSSR count). The number of nitrogens with zero attached hydrogens (tertiary/aromatic N) is 3. The molecule has 0 spiro atoms. The van der Waals surface area contributed by atoms with Gasteiger partial charge >= 0.3 is 0 Å². The minimum absolute atomic E-state index is 0.174. The highest BCUT2D eigenvalue weighted by Crippen LogP contribution is 2.32. The molecular formula is C26H22N4O4. The van der Waals surface area contributed by atoms with Crippen LogP contribution in [0.25, 0.3) is 11.4 Å². The highest BCUT2D eigenvalue weighted by atomic mass is 16.7. The van der Waals surface area contributed by atoms with E-state index in [1.807, 2.05) is 79.7 Å². The molecule has 2 heterocycles. The molecule has 8 nitrogen and oxygen atoms in total. The lowest BCUT2D eigenvalue weighted by Gasteiger charge is -2.11. The van der Waals surface area contributed by atoms with E-state index in [2.05, 4.69) is 15.4 Å². The molecule has 0 bridgehead atoms. The van der Waals surface area contributed by atoms with Gasteiger partial charge in [0, 0.05) is 17.7 Å². The van der Waals surface area contributed by atoms with Crippen molar-refractivity contribution in [1.29, 1.82) is 0 Å². The van der Waals surface area contributed by atoms with Gasteiger partial charge < -0.3 is 14.8 Å². The molecule has 0 saturated carbocycles. The molecule has 0 atom stereocenters. The summed E-state index contributed by atoms with van der Waals surface area (Å²) in [7, 11) is 0. The second-order valence-corrected chi connectivity index (χ2v) is 7.99. The van der Waals surface area contributed by atoms with Crippen LogP contribution in [0, 0.1) is 6.92 Å². The molecule has 1 N–H and O–H groups in total. The molecule has 1 amide bonds. The maximum Gasteiger partial charge on any atom is 0.289 e. The molecule has 0 unspecified atom stereocenters. The number of hydrogen-bond donors (Lipinski definition) is 1. The monoisotopic (exact) mass is 454 g/mol. The topological polar surface area (TPSA) is 95.3 Å². The second-order valence-electron chi connectivity index (χ2n) is 7.99. The molecule has 170 valence electrons. The van der Waals surface area contributed by atoms with Crippen LogP contribution in [-0.4, -0.2) is 27.5 Å². The van der Waals surface area contributed by atoms with E-state index in [9.17, 15) is 9.59 Å². The first kappa shape index (κ1) is 21.4. The minimum Gasteiger partial charge on any atom is -0.454 e. The zero-order valence-electron chi connectivity index (χ0n) is 18.5. The maximum absolute atomic E-state index is 13.2. The highest BCUT2D eigenvalue weighted by Gasteiger charge is 2.18. The third-order valence-corrected chi connectivity index (χ3v) is 5.41. The van der Waals surface area contributed by atoms with E-state index in [1.165, 1.54) is 4.68 Å². The number of amides is 1. The summed E-state index contributed by atoms with van der Waals surface area (Å²) in [5.74, 6) is 1.33. The van der Waals surface area contributed by atoms with Crippen molar-refractivity contribution in [2.75, 3.05) is 12.1 Å². The summed E-state index contributed by atoms with van der Waals surface area (Å²) in [4.78, 5) is 30.5. The average molecular weight is 454 g/mol. The van der Waals surface area contributed by atoms with E-state index >= 15 is 0 Å². The Morgan fingerprint density at radius 2 is 1.76 bits per heavy atom. The Morgan fingerprint density at radius 1 is 1.00 bits per heavy atom. The first-order chi connectivity index (χ1) is 16.5. The molecule has 4 aromatic rings. The molecule has 1 aliphatic heterocycles. The SMILES string of the molecule is Cc1ccc(NC(=O)Cn2nc(-c3ccccc3)nc(Cc3ccc4c(c3)OCO4)c2=O)cc1. The van der Waals surface area contributed by atoms with Gasteiger partial charge in [-0.05, 0) is 36.8 Å². The summed E-state index contributed by atoms with van der Waals surface area (Å²) in [5.41, 5.74) is 3.20. The van der Waals surface area contributed by atoms with Crippen LogP contribution in [0.15, 0.2) is 77.6 Å². The Hall–Kier alpha value is -4.46. The number of carbonyl (C=O) groups excluding carboxylic acids is 1. The molecular weight excluding hydrogens is 432 g/mol. The van der Waals surface area contributed by atoms with E-state index in [1.54, 1.807) is 0 Å². The van der Waals surface area contributed by atoms with Gasteiger partial charge in [-0.2, -0.15) is 0 Å². The summed E-state index contributed by atoms with van der Waals surface area (Å²) >= 11 is 0. The van der Waals surface area contributed by atoms with Crippen LogP contribution in [0.5, 0.6) is 11.5 Å². The van der Waals surface area contributed by atoms with Gasteiger partial charge in [0.2, 0.25) is 12.7 Å². The Kier molecular flexibility index (Phi) is 5.78. The third kappa shape index (κ3) is 4.66. The number of fused-ring (bicyclic) bond motifs is 1. The molecule has 8 heteroatoms. The number of anilines is 1. The van der Waals surface area contributed by atoms with Gasteiger partial charge in [0.15, 0.2) is 17.3 Å². The number of aromatic nitrogens is 3. The van der Waals surface area contributed by atoms with Crippen molar-refractivity contribution in [3.63, 3.8) is 0 Å². The van der Waals surface area contributed by atoms with Gasteiger partial charge in [0.05, 0.1) is 0 Å². The Labute approximate surface area is 195 Å². The largest absolute Gasteiger partial charge is 0.454 e. The van der Waals surface area contributed by atoms with Crippen molar-refractivity contribution in [1.82, 2.24) is 14.8 Å². The standard InChI is InChI=1S/C26H22N4O4/c1-17-7-10-20(11-8-17)27-24(31)15-30-26(32)21(28-25(29-30)19-5-3-2-4-6-19)13-18-9-12-22-23(14-18)34-16-33-22/h2-12,14H,13,15-16H2,1H3,(H,27,31). The van der Waals surface area contributed by atoms with Gasteiger partial charge in [0.25, 0.3) is 5.56 Å². The summed E-state index contributed by atoms with van der Waals surface area (Å²) < 4.78 is 12.0. The predicted molar refractivity (Wildman–Crippen MR) is 127 cm³/mol. The molecule has 1 aromatic heterocycles. The predicted octanol–water partition coefficient (Wildman–Crippen LogP) is 3.57. The zero-order valence-corrected chi connectivity index (χ0v) is 18.5. The number of rotatable bonds is 6. The molecule has 34 heavy (non-hydrogen) atoms. The number of benzene rings is 3. The number of nitrogens with one attached hydrogen (secondary N) is 1. The highest BCUT2D eigenvalue weighted by molar-refractivity contribution is 5.90. The van der Waals surface area contributed by atoms with Gasteiger partial charge in [-0.25, -0.2) is 9.67 Å². The minimum atomic E-state index is -0.420. The second kappa shape index (κ2) is 9.19. The summed E-state index contributed by atoms with van der Waals surface area (Å²) in [6.07, 6.45) is 0.261. The van der Waals surface area contributed by atoms with Gasteiger partial charge in [-0.3, -0.25) is 9.59 Å².